The summed E-state index contributed by atoms with van der Waals surface area (Å²) < 4.78 is 5.73. The Morgan fingerprint density at radius 3 is 2.83 bits per heavy atom. The molecule has 0 bridgehead atoms. The van der Waals surface area contributed by atoms with E-state index in [1.54, 1.807) is 0 Å². The molecule has 0 unspecified atom stereocenters. The van der Waals surface area contributed by atoms with Gasteiger partial charge in [-0.3, -0.25) is 0 Å². The molecule has 2 heterocycles. The summed E-state index contributed by atoms with van der Waals surface area (Å²) in [6, 6.07) is 6.21. The fraction of sp³-hybridized carbons (Fsp3) is 0.462. The molecule has 2 aromatic rings. The lowest BCUT2D eigenvalue weighted by molar-refractivity contribution is 0.201. The van der Waals surface area contributed by atoms with Crippen molar-refractivity contribution in [3.63, 3.8) is 0 Å². The number of anilines is 2. The second-order valence-corrected chi connectivity index (χ2v) is 4.80. The van der Waals surface area contributed by atoms with Crippen molar-refractivity contribution in [3.8, 4) is 0 Å². The van der Waals surface area contributed by atoms with Crippen LogP contribution in [0.5, 0.6) is 0 Å². The highest BCUT2D eigenvalue weighted by Crippen LogP contribution is 2.28. The topological polar surface area (TPSA) is 75.5 Å². The molecule has 0 amide bonds. The summed E-state index contributed by atoms with van der Waals surface area (Å²) in [4.78, 5) is 6.58. The van der Waals surface area contributed by atoms with Gasteiger partial charge in [0.2, 0.25) is 0 Å². The Labute approximate surface area is 105 Å². The first-order valence-corrected chi connectivity index (χ1v) is 6.29. The molecule has 0 saturated carbocycles. The minimum absolute atomic E-state index is 0.272. The van der Waals surface area contributed by atoms with Gasteiger partial charge in [-0.05, 0) is 30.9 Å². The number of hydrogen-bond acceptors (Lipinski definition) is 5. The van der Waals surface area contributed by atoms with E-state index in [9.17, 15) is 0 Å². The van der Waals surface area contributed by atoms with Crippen molar-refractivity contribution in [2.45, 2.75) is 12.8 Å². The molecule has 1 aromatic carbocycles. The van der Waals surface area contributed by atoms with Crippen molar-refractivity contribution in [1.82, 2.24) is 4.98 Å². The van der Waals surface area contributed by atoms with Crippen LogP contribution in [0.3, 0.4) is 0 Å². The van der Waals surface area contributed by atoms with E-state index in [1.807, 2.05) is 18.2 Å². The lowest BCUT2D eigenvalue weighted by atomic mass is 9.98. The quantitative estimate of drug-likeness (QED) is 0.789. The van der Waals surface area contributed by atoms with E-state index in [-0.39, 0.29) is 6.61 Å². The molecule has 0 spiro atoms. The monoisotopic (exact) mass is 247 g/mol. The lowest BCUT2D eigenvalue weighted by Gasteiger charge is -2.29. The van der Waals surface area contributed by atoms with Crippen molar-refractivity contribution in [1.29, 1.82) is 0 Å². The first-order chi connectivity index (χ1) is 8.78. The first-order valence-electron chi connectivity index (χ1n) is 6.29. The Bertz CT molecular complexity index is 544. The third kappa shape index (κ3) is 1.90. The summed E-state index contributed by atoms with van der Waals surface area (Å²) in [7, 11) is 0. The van der Waals surface area contributed by atoms with Crippen molar-refractivity contribution >= 4 is 22.8 Å². The van der Waals surface area contributed by atoms with E-state index in [1.165, 1.54) is 0 Å². The van der Waals surface area contributed by atoms with E-state index >= 15 is 0 Å². The molecule has 1 saturated heterocycles. The summed E-state index contributed by atoms with van der Waals surface area (Å²) in [6.45, 7) is 2.02. The number of piperidine rings is 1. The van der Waals surface area contributed by atoms with Gasteiger partial charge in [0.05, 0.1) is 5.69 Å². The number of rotatable bonds is 2. The SMILES string of the molecule is Nc1cccc2oc(N3CCC(CO)CC3)nc12. The zero-order valence-electron chi connectivity index (χ0n) is 10.2. The summed E-state index contributed by atoms with van der Waals surface area (Å²) in [5.74, 6) is 0.413. The number of aliphatic hydroxyl groups is 1. The minimum Gasteiger partial charge on any atom is -0.423 e. The molecule has 18 heavy (non-hydrogen) atoms. The van der Waals surface area contributed by atoms with Crippen LogP contribution in [-0.4, -0.2) is 29.8 Å². The average Bonchev–Trinajstić information content (AvgIpc) is 2.84. The van der Waals surface area contributed by atoms with Gasteiger partial charge in [0.25, 0.3) is 6.01 Å². The number of aromatic nitrogens is 1. The molecule has 96 valence electrons. The second kappa shape index (κ2) is 4.49. The highest BCUT2D eigenvalue weighted by molar-refractivity contribution is 5.86. The molecule has 5 nitrogen and oxygen atoms in total. The number of aliphatic hydroxyl groups excluding tert-OH is 1. The Balaban J connectivity index is 1.85. The molecule has 0 atom stereocenters. The Morgan fingerprint density at radius 2 is 2.17 bits per heavy atom. The van der Waals surface area contributed by atoms with Crippen molar-refractivity contribution in [3.05, 3.63) is 18.2 Å². The molecular formula is C13H17N3O2. The van der Waals surface area contributed by atoms with Crippen LogP contribution in [0.15, 0.2) is 22.6 Å². The summed E-state index contributed by atoms with van der Waals surface area (Å²) in [6.07, 6.45) is 1.95. The third-order valence-electron chi connectivity index (χ3n) is 3.58. The predicted octanol–water partition coefficient (Wildman–Crippen LogP) is 1.62. The zero-order valence-corrected chi connectivity index (χ0v) is 10.2. The van der Waals surface area contributed by atoms with Crippen molar-refractivity contribution in [2.75, 3.05) is 30.3 Å². The van der Waals surface area contributed by atoms with Gasteiger partial charge in [0.1, 0.15) is 5.52 Å². The van der Waals surface area contributed by atoms with Gasteiger partial charge in [0.15, 0.2) is 5.58 Å². The van der Waals surface area contributed by atoms with Crippen molar-refractivity contribution < 1.29 is 9.52 Å². The van der Waals surface area contributed by atoms with E-state index in [0.29, 0.717) is 17.6 Å². The number of para-hydroxylation sites is 1. The molecule has 0 aliphatic carbocycles. The molecule has 1 aliphatic heterocycles. The van der Waals surface area contributed by atoms with Crippen molar-refractivity contribution in [2.24, 2.45) is 5.92 Å². The van der Waals surface area contributed by atoms with Crippen LogP contribution in [-0.2, 0) is 0 Å². The maximum atomic E-state index is 9.12. The molecule has 3 N–H and O–H groups in total. The van der Waals surface area contributed by atoms with Gasteiger partial charge in [-0.1, -0.05) is 6.07 Å². The number of oxazole rings is 1. The van der Waals surface area contributed by atoms with E-state index in [4.69, 9.17) is 15.3 Å². The largest absolute Gasteiger partial charge is 0.423 e. The van der Waals surface area contributed by atoms with Crippen LogP contribution in [0.25, 0.3) is 11.1 Å². The van der Waals surface area contributed by atoms with Gasteiger partial charge < -0.3 is 20.2 Å². The summed E-state index contributed by atoms with van der Waals surface area (Å²) in [5, 5.41) is 9.12. The predicted molar refractivity (Wildman–Crippen MR) is 70.4 cm³/mol. The highest BCUT2D eigenvalue weighted by atomic mass is 16.4. The highest BCUT2D eigenvalue weighted by Gasteiger charge is 2.22. The fourth-order valence-corrected chi connectivity index (χ4v) is 2.40. The standard InChI is InChI=1S/C13H17N3O2/c14-10-2-1-3-11-12(10)15-13(18-11)16-6-4-9(8-17)5-7-16/h1-3,9,17H,4-8,14H2. The van der Waals surface area contributed by atoms with Gasteiger partial charge >= 0.3 is 0 Å². The van der Waals surface area contributed by atoms with Crippen LogP contribution < -0.4 is 10.6 Å². The van der Waals surface area contributed by atoms with Crippen LogP contribution in [0, 0.1) is 5.92 Å². The van der Waals surface area contributed by atoms with Crippen LogP contribution in [0.4, 0.5) is 11.7 Å². The van der Waals surface area contributed by atoms with Crippen LogP contribution in [0.1, 0.15) is 12.8 Å². The summed E-state index contributed by atoms with van der Waals surface area (Å²) >= 11 is 0. The maximum Gasteiger partial charge on any atom is 0.298 e. The molecule has 1 fully saturated rings. The molecule has 5 heteroatoms. The smallest absolute Gasteiger partial charge is 0.298 e. The number of fused-ring (bicyclic) bond motifs is 1. The zero-order chi connectivity index (χ0) is 12.5. The van der Waals surface area contributed by atoms with Crippen LogP contribution in [0.2, 0.25) is 0 Å². The molecule has 1 aromatic heterocycles. The Hall–Kier alpha value is -1.75. The number of nitrogens with zero attached hydrogens (tertiary/aromatic N) is 2. The van der Waals surface area contributed by atoms with Gasteiger partial charge in [-0.2, -0.15) is 4.98 Å². The average molecular weight is 247 g/mol. The number of benzene rings is 1. The number of nitrogens with two attached hydrogens (primary N) is 1. The van der Waals surface area contributed by atoms with Gasteiger partial charge in [-0.25, -0.2) is 0 Å². The maximum absolute atomic E-state index is 9.12. The molecule has 0 radical (unpaired) electrons. The van der Waals surface area contributed by atoms with Gasteiger partial charge in [-0.15, -0.1) is 0 Å². The second-order valence-electron chi connectivity index (χ2n) is 4.80. The third-order valence-corrected chi connectivity index (χ3v) is 3.58. The van der Waals surface area contributed by atoms with E-state index < -0.39 is 0 Å². The Morgan fingerprint density at radius 1 is 1.39 bits per heavy atom. The summed E-state index contributed by atoms with van der Waals surface area (Å²) in [5.41, 5.74) is 7.98. The number of nitrogen functional groups attached to an aromatic ring is 1. The number of hydrogen-bond donors (Lipinski definition) is 2. The minimum atomic E-state index is 0.272. The molecule has 1 aliphatic rings. The molecule has 3 rings (SSSR count). The van der Waals surface area contributed by atoms with E-state index in [0.717, 1.165) is 37.0 Å². The molecular weight excluding hydrogens is 230 g/mol. The lowest BCUT2D eigenvalue weighted by Crippen LogP contribution is -2.34. The normalized spacial score (nSPS) is 17.5. The fourth-order valence-electron chi connectivity index (χ4n) is 2.40. The Kier molecular flexibility index (Phi) is 2.83. The van der Waals surface area contributed by atoms with Crippen LogP contribution >= 0.6 is 0 Å². The van der Waals surface area contributed by atoms with Gasteiger partial charge in [0, 0.05) is 19.7 Å². The first kappa shape index (κ1) is 11.3. The van der Waals surface area contributed by atoms with E-state index in [2.05, 4.69) is 9.88 Å².